The van der Waals surface area contributed by atoms with Crippen molar-refractivity contribution in [2.24, 2.45) is 0 Å². The van der Waals surface area contributed by atoms with E-state index in [1.807, 2.05) is 13.8 Å². The molecule has 0 saturated heterocycles. The first kappa shape index (κ1) is 20.2. The van der Waals surface area contributed by atoms with Gasteiger partial charge in [-0.1, -0.05) is 37.6 Å². The van der Waals surface area contributed by atoms with E-state index in [1.54, 1.807) is 37.3 Å². The van der Waals surface area contributed by atoms with Gasteiger partial charge in [0.05, 0.1) is 4.90 Å². The molecule has 2 N–H and O–H groups in total. The van der Waals surface area contributed by atoms with Gasteiger partial charge in [-0.3, -0.25) is 10.2 Å². The maximum atomic E-state index is 12.2. The molecule has 1 amide bonds. The summed E-state index contributed by atoms with van der Waals surface area (Å²) in [5.74, 6) is 0.172. The third-order valence-corrected chi connectivity index (χ3v) is 5.18. The van der Waals surface area contributed by atoms with E-state index in [1.165, 1.54) is 12.1 Å². The molecule has 0 radical (unpaired) electrons. The predicted molar refractivity (Wildman–Crippen MR) is 101 cm³/mol. The van der Waals surface area contributed by atoms with Gasteiger partial charge in [-0.2, -0.15) is 0 Å². The van der Waals surface area contributed by atoms with E-state index in [0.717, 1.165) is 11.1 Å². The van der Waals surface area contributed by atoms with Crippen LogP contribution >= 0.6 is 11.6 Å². The number of halogens is 1. The maximum Gasteiger partial charge on any atom is 0.272 e. The number of carbonyl (C=O) groups excluding carboxylic acids is 1. The van der Waals surface area contributed by atoms with E-state index in [9.17, 15) is 13.2 Å². The van der Waals surface area contributed by atoms with Crippen molar-refractivity contribution in [1.29, 1.82) is 0 Å². The van der Waals surface area contributed by atoms with Gasteiger partial charge in [0, 0.05) is 5.02 Å². The number of hydrogen-bond acceptors (Lipinski definition) is 4. The highest BCUT2D eigenvalue weighted by Crippen LogP contribution is 2.21. The van der Waals surface area contributed by atoms with Gasteiger partial charge in [-0.05, 0) is 54.3 Å². The van der Waals surface area contributed by atoms with Crippen molar-refractivity contribution >= 4 is 27.5 Å². The number of hydrogen-bond donors (Lipinski definition) is 2. The number of carbonyl (C=O) groups is 1. The van der Waals surface area contributed by atoms with Crippen LogP contribution in [0.3, 0.4) is 0 Å². The number of nitrogens with one attached hydrogen (secondary N) is 2. The molecule has 0 aliphatic rings. The predicted octanol–water partition coefficient (Wildman–Crippen LogP) is 3.16. The zero-order valence-corrected chi connectivity index (χ0v) is 16.3. The van der Waals surface area contributed by atoms with Gasteiger partial charge in [0.1, 0.15) is 5.75 Å². The number of sulfonamides is 1. The lowest BCUT2D eigenvalue weighted by molar-refractivity contribution is -0.123. The number of rotatable bonds is 7. The molecule has 2 aromatic carbocycles. The molecule has 0 aliphatic carbocycles. The fourth-order valence-electron chi connectivity index (χ4n) is 2.17. The Hall–Kier alpha value is -2.09. The lowest BCUT2D eigenvalue weighted by atomic mass is 10.0. The van der Waals surface area contributed by atoms with Gasteiger partial charge >= 0.3 is 0 Å². The standard InChI is InChI=1S/C18H21ClN2O4S/c1-12(2)14-4-7-16(8-5-14)26(23,24)21-20-18(22)11-25-17-9-6-15(19)10-13(17)3/h4-10,12,21H,11H2,1-3H3,(H,20,22). The Balaban J connectivity index is 1.91. The molecule has 140 valence electrons. The fourth-order valence-corrected chi connectivity index (χ4v) is 3.26. The summed E-state index contributed by atoms with van der Waals surface area (Å²) >= 11 is 5.85. The molecule has 6 nitrogen and oxygen atoms in total. The van der Waals surface area contributed by atoms with Crippen molar-refractivity contribution in [2.75, 3.05) is 6.61 Å². The molecule has 0 bridgehead atoms. The summed E-state index contributed by atoms with van der Waals surface area (Å²) in [4.78, 5) is 13.9. The Labute approximate surface area is 158 Å². The van der Waals surface area contributed by atoms with Crippen LogP contribution in [0, 0.1) is 6.92 Å². The van der Waals surface area contributed by atoms with Crippen LogP contribution in [0.4, 0.5) is 0 Å². The lowest BCUT2D eigenvalue weighted by Crippen LogP contribution is -2.43. The fraction of sp³-hybridized carbons (Fsp3) is 0.278. The number of aryl methyl sites for hydroxylation is 1. The van der Waals surface area contributed by atoms with Crippen molar-refractivity contribution in [3.63, 3.8) is 0 Å². The number of amides is 1. The molecule has 0 atom stereocenters. The summed E-state index contributed by atoms with van der Waals surface area (Å²) in [6.07, 6.45) is 0. The molecule has 0 unspecified atom stereocenters. The zero-order valence-electron chi connectivity index (χ0n) is 14.7. The van der Waals surface area contributed by atoms with Crippen molar-refractivity contribution < 1.29 is 17.9 Å². The quantitative estimate of drug-likeness (QED) is 0.704. The van der Waals surface area contributed by atoms with Crippen LogP contribution < -0.4 is 15.0 Å². The molecule has 0 heterocycles. The molecule has 0 aliphatic heterocycles. The molecule has 0 fully saturated rings. The van der Waals surface area contributed by atoms with Gasteiger partial charge < -0.3 is 4.74 Å². The molecule has 2 aromatic rings. The molecule has 8 heteroatoms. The number of benzene rings is 2. The molecular weight excluding hydrogens is 376 g/mol. The molecule has 0 aromatic heterocycles. The zero-order chi connectivity index (χ0) is 19.3. The number of ether oxygens (including phenoxy) is 1. The minimum absolute atomic E-state index is 0.0664. The van der Waals surface area contributed by atoms with E-state index in [2.05, 4.69) is 10.3 Å². The van der Waals surface area contributed by atoms with Crippen LogP contribution in [0.25, 0.3) is 0 Å². The van der Waals surface area contributed by atoms with Crippen LogP contribution in [0.15, 0.2) is 47.4 Å². The Morgan fingerprint density at radius 3 is 2.38 bits per heavy atom. The van der Waals surface area contributed by atoms with Gasteiger partial charge in [0.2, 0.25) is 0 Å². The van der Waals surface area contributed by atoms with Crippen molar-refractivity contribution in [2.45, 2.75) is 31.6 Å². The largest absolute Gasteiger partial charge is 0.483 e. The van der Waals surface area contributed by atoms with Crippen molar-refractivity contribution in [1.82, 2.24) is 10.3 Å². The molecule has 0 spiro atoms. The van der Waals surface area contributed by atoms with Crippen molar-refractivity contribution in [3.05, 3.63) is 58.6 Å². The highest BCUT2D eigenvalue weighted by molar-refractivity contribution is 7.89. The topological polar surface area (TPSA) is 84.5 Å². The second-order valence-electron chi connectivity index (χ2n) is 6.08. The summed E-state index contributed by atoms with van der Waals surface area (Å²) in [6, 6.07) is 11.5. The average Bonchev–Trinajstić information content (AvgIpc) is 2.59. The SMILES string of the molecule is Cc1cc(Cl)ccc1OCC(=O)NNS(=O)(=O)c1ccc(C(C)C)cc1. The van der Waals surface area contributed by atoms with Crippen LogP contribution in [0.5, 0.6) is 5.75 Å². The van der Waals surface area contributed by atoms with E-state index in [4.69, 9.17) is 16.3 Å². The Morgan fingerprint density at radius 2 is 1.81 bits per heavy atom. The summed E-state index contributed by atoms with van der Waals surface area (Å²) in [6.45, 7) is 5.49. The van der Waals surface area contributed by atoms with E-state index >= 15 is 0 Å². The van der Waals surface area contributed by atoms with Crippen LogP contribution in [0.1, 0.15) is 30.9 Å². The Morgan fingerprint density at radius 1 is 1.15 bits per heavy atom. The maximum absolute atomic E-state index is 12.2. The second-order valence-corrected chi connectivity index (χ2v) is 8.19. The minimum atomic E-state index is -3.85. The molecule has 2 rings (SSSR count). The first-order valence-electron chi connectivity index (χ1n) is 7.98. The summed E-state index contributed by atoms with van der Waals surface area (Å²) in [5, 5.41) is 0.565. The Bertz CT molecular complexity index is 881. The van der Waals surface area contributed by atoms with Gasteiger partial charge in [-0.15, -0.1) is 4.83 Å². The monoisotopic (exact) mass is 396 g/mol. The first-order valence-corrected chi connectivity index (χ1v) is 9.84. The van der Waals surface area contributed by atoms with Gasteiger partial charge in [0.15, 0.2) is 6.61 Å². The first-order chi connectivity index (χ1) is 12.2. The third-order valence-electron chi connectivity index (χ3n) is 3.68. The highest BCUT2D eigenvalue weighted by atomic mass is 35.5. The van der Waals surface area contributed by atoms with E-state index in [0.29, 0.717) is 16.7 Å². The van der Waals surface area contributed by atoms with Crippen LogP contribution in [-0.4, -0.2) is 20.9 Å². The van der Waals surface area contributed by atoms with Crippen molar-refractivity contribution in [3.8, 4) is 5.75 Å². The highest BCUT2D eigenvalue weighted by Gasteiger charge is 2.15. The molecule has 0 saturated carbocycles. The smallest absolute Gasteiger partial charge is 0.272 e. The minimum Gasteiger partial charge on any atom is -0.483 e. The Kier molecular flexibility index (Phi) is 6.63. The average molecular weight is 397 g/mol. The van der Waals surface area contributed by atoms with Crippen LogP contribution in [-0.2, 0) is 14.8 Å². The van der Waals surface area contributed by atoms with Gasteiger partial charge in [0.25, 0.3) is 15.9 Å². The summed E-state index contributed by atoms with van der Waals surface area (Å²) < 4.78 is 29.8. The van der Waals surface area contributed by atoms with E-state index in [-0.39, 0.29) is 11.5 Å². The van der Waals surface area contributed by atoms with E-state index < -0.39 is 15.9 Å². The van der Waals surface area contributed by atoms with Crippen LogP contribution in [0.2, 0.25) is 5.02 Å². The summed E-state index contributed by atoms with van der Waals surface area (Å²) in [7, 11) is -3.85. The summed E-state index contributed by atoms with van der Waals surface area (Å²) in [5.41, 5.74) is 3.93. The third kappa shape index (κ3) is 5.45. The lowest BCUT2D eigenvalue weighted by Gasteiger charge is -2.11. The normalized spacial score (nSPS) is 11.4. The molecule has 26 heavy (non-hydrogen) atoms. The van der Waals surface area contributed by atoms with Gasteiger partial charge in [-0.25, -0.2) is 8.42 Å². The molecular formula is C18H21ClN2O4S. The second kappa shape index (κ2) is 8.53. The number of hydrazine groups is 1.